The molecule has 2 rings (SSSR count). The van der Waals surface area contributed by atoms with E-state index in [9.17, 15) is 0 Å². The summed E-state index contributed by atoms with van der Waals surface area (Å²) in [6.45, 7) is 0. The van der Waals surface area contributed by atoms with Crippen molar-refractivity contribution in [2.45, 2.75) is 0 Å². The number of halogens is 1. The van der Waals surface area contributed by atoms with E-state index >= 15 is 0 Å². The van der Waals surface area contributed by atoms with Crippen LogP contribution in [0.2, 0.25) is 5.02 Å². The van der Waals surface area contributed by atoms with E-state index in [1.54, 1.807) is 48.5 Å². The van der Waals surface area contributed by atoms with Gasteiger partial charge in [0.2, 0.25) is 0 Å². The van der Waals surface area contributed by atoms with Gasteiger partial charge in [-0.15, -0.1) is 0 Å². The Kier molecular flexibility index (Phi) is 5.03. The monoisotopic (exact) mass is 310 g/mol. The van der Waals surface area contributed by atoms with Crippen molar-refractivity contribution in [2.24, 2.45) is 0 Å². The van der Waals surface area contributed by atoms with E-state index in [1.807, 2.05) is 12.1 Å². The standard InChI is InChI=1S/C17H11ClN2O2/c1-21-17(13(10-19)11-20)12-2-6-15(7-3-12)22-16-8-4-14(18)5-9-16/h2-9H,1H3. The highest BCUT2D eigenvalue weighted by molar-refractivity contribution is 6.30. The summed E-state index contributed by atoms with van der Waals surface area (Å²) in [5, 5.41) is 18.5. The highest BCUT2D eigenvalue weighted by atomic mass is 35.5. The van der Waals surface area contributed by atoms with Gasteiger partial charge in [-0.2, -0.15) is 10.5 Å². The number of methoxy groups -OCH3 is 1. The molecule has 0 unspecified atom stereocenters. The summed E-state index contributed by atoms with van der Waals surface area (Å²) in [4.78, 5) is 0. The zero-order chi connectivity index (χ0) is 15.9. The molecule has 22 heavy (non-hydrogen) atoms. The fourth-order valence-electron chi connectivity index (χ4n) is 1.80. The molecule has 0 aliphatic heterocycles. The minimum Gasteiger partial charge on any atom is -0.494 e. The van der Waals surface area contributed by atoms with Gasteiger partial charge in [0.05, 0.1) is 7.11 Å². The predicted octanol–water partition coefficient (Wildman–Crippen LogP) is 4.54. The zero-order valence-electron chi connectivity index (χ0n) is 11.7. The zero-order valence-corrected chi connectivity index (χ0v) is 12.5. The normalized spacial score (nSPS) is 9.27. The SMILES string of the molecule is COC(=C(C#N)C#N)c1ccc(Oc2ccc(Cl)cc2)cc1. The number of hydrogen-bond acceptors (Lipinski definition) is 4. The van der Waals surface area contributed by atoms with Gasteiger partial charge in [-0.3, -0.25) is 0 Å². The molecule has 2 aromatic carbocycles. The Morgan fingerprint density at radius 3 is 1.86 bits per heavy atom. The molecule has 5 heteroatoms. The summed E-state index contributed by atoms with van der Waals surface area (Å²) in [6, 6.07) is 17.5. The van der Waals surface area contributed by atoms with Crippen LogP contribution in [0, 0.1) is 22.7 Å². The van der Waals surface area contributed by atoms with Crippen LogP contribution in [-0.2, 0) is 4.74 Å². The molecule has 0 N–H and O–H groups in total. The van der Waals surface area contributed by atoms with E-state index in [2.05, 4.69) is 0 Å². The van der Waals surface area contributed by atoms with Crippen LogP contribution in [0.15, 0.2) is 54.1 Å². The Labute approximate surface area is 133 Å². The van der Waals surface area contributed by atoms with E-state index in [4.69, 9.17) is 31.6 Å². The van der Waals surface area contributed by atoms with Crippen molar-refractivity contribution in [3.63, 3.8) is 0 Å². The highest BCUT2D eigenvalue weighted by Gasteiger charge is 2.09. The Bertz CT molecular complexity index is 750. The summed E-state index contributed by atoms with van der Waals surface area (Å²) in [5.74, 6) is 1.52. The van der Waals surface area contributed by atoms with Crippen molar-refractivity contribution in [1.29, 1.82) is 10.5 Å². The number of rotatable bonds is 4. The van der Waals surface area contributed by atoms with Crippen LogP contribution in [-0.4, -0.2) is 7.11 Å². The molecule has 108 valence electrons. The molecular weight excluding hydrogens is 300 g/mol. The first-order valence-electron chi connectivity index (χ1n) is 6.30. The van der Waals surface area contributed by atoms with Gasteiger partial charge in [-0.25, -0.2) is 0 Å². The lowest BCUT2D eigenvalue weighted by atomic mass is 10.1. The van der Waals surface area contributed by atoms with Crippen LogP contribution in [0.1, 0.15) is 5.56 Å². The van der Waals surface area contributed by atoms with Crippen molar-refractivity contribution in [3.05, 3.63) is 64.7 Å². The van der Waals surface area contributed by atoms with Crippen LogP contribution in [0.25, 0.3) is 5.76 Å². The molecule has 4 nitrogen and oxygen atoms in total. The molecule has 0 saturated heterocycles. The third kappa shape index (κ3) is 3.58. The van der Waals surface area contributed by atoms with Crippen LogP contribution in [0.5, 0.6) is 11.5 Å². The van der Waals surface area contributed by atoms with Gasteiger partial charge in [0.15, 0.2) is 11.3 Å². The summed E-state index contributed by atoms with van der Waals surface area (Å²) in [6.07, 6.45) is 0. The van der Waals surface area contributed by atoms with Gasteiger partial charge >= 0.3 is 0 Å². The topological polar surface area (TPSA) is 66.0 Å². The van der Waals surface area contributed by atoms with Crippen LogP contribution in [0.3, 0.4) is 0 Å². The summed E-state index contributed by atoms with van der Waals surface area (Å²) in [5.41, 5.74) is 0.554. The van der Waals surface area contributed by atoms with E-state index in [-0.39, 0.29) is 11.3 Å². The Hall–Kier alpha value is -2.95. The number of hydrogen-bond donors (Lipinski definition) is 0. The van der Waals surface area contributed by atoms with Crippen molar-refractivity contribution in [1.82, 2.24) is 0 Å². The Morgan fingerprint density at radius 1 is 0.909 bits per heavy atom. The van der Waals surface area contributed by atoms with E-state index < -0.39 is 0 Å². The fourth-order valence-corrected chi connectivity index (χ4v) is 1.93. The van der Waals surface area contributed by atoms with E-state index in [1.165, 1.54) is 7.11 Å². The van der Waals surface area contributed by atoms with Gasteiger partial charge in [-0.1, -0.05) is 11.6 Å². The molecule has 0 saturated carbocycles. The summed E-state index contributed by atoms with van der Waals surface area (Å²) < 4.78 is 10.8. The third-order valence-electron chi connectivity index (χ3n) is 2.82. The maximum Gasteiger partial charge on any atom is 0.172 e. The number of ether oxygens (including phenoxy) is 2. The second-order valence-electron chi connectivity index (χ2n) is 4.21. The lowest BCUT2D eigenvalue weighted by molar-refractivity contribution is 0.368. The second kappa shape index (κ2) is 7.17. The summed E-state index contributed by atoms with van der Waals surface area (Å²) in [7, 11) is 1.42. The minimum absolute atomic E-state index is 0.0751. The van der Waals surface area contributed by atoms with Crippen molar-refractivity contribution in [2.75, 3.05) is 7.11 Å². The minimum atomic E-state index is -0.0751. The third-order valence-corrected chi connectivity index (χ3v) is 3.07. The molecule has 0 spiro atoms. The quantitative estimate of drug-likeness (QED) is 0.614. The molecular formula is C17H11ClN2O2. The lowest BCUT2D eigenvalue weighted by Crippen LogP contribution is -1.92. The average molecular weight is 311 g/mol. The van der Waals surface area contributed by atoms with Gasteiger partial charge in [-0.05, 0) is 48.5 Å². The van der Waals surface area contributed by atoms with Crippen LogP contribution in [0.4, 0.5) is 0 Å². The van der Waals surface area contributed by atoms with Crippen molar-refractivity contribution < 1.29 is 9.47 Å². The van der Waals surface area contributed by atoms with Gasteiger partial charge in [0, 0.05) is 10.6 Å². The van der Waals surface area contributed by atoms with Gasteiger partial charge in [0.25, 0.3) is 0 Å². The maximum absolute atomic E-state index is 8.91. The van der Waals surface area contributed by atoms with Gasteiger partial charge < -0.3 is 9.47 Å². The van der Waals surface area contributed by atoms with Crippen LogP contribution < -0.4 is 4.74 Å². The number of benzene rings is 2. The second-order valence-corrected chi connectivity index (χ2v) is 4.65. The molecule has 0 heterocycles. The number of nitrogens with zero attached hydrogens (tertiary/aromatic N) is 2. The molecule has 0 fully saturated rings. The van der Waals surface area contributed by atoms with E-state index in [0.29, 0.717) is 22.1 Å². The molecule has 0 aliphatic carbocycles. The van der Waals surface area contributed by atoms with Crippen LogP contribution >= 0.6 is 11.6 Å². The maximum atomic E-state index is 8.91. The molecule has 0 aromatic heterocycles. The fraction of sp³-hybridized carbons (Fsp3) is 0.0588. The molecule has 0 atom stereocenters. The molecule has 0 radical (unpaired) electrons. The first kappa shape index (κ1) is 15.4. The smallest absolute Gasteiger partial charge is 0.172 e. The predicted molar refractivity (Wildman–Crippen MR) is 83.1 cm³/mol. The lowest BCUT2D eigenvalue weighted by Gasteiger charge is -2.09. The molecule has 2 aromatic rings. The van der Waals surface area contributed by atoms with Gasteiger partial charge in [0.1, 0.15) is 23.6 Å². The summed E-state index contributed by atoms with van der Waals surface area (Å²) >= 11 is 5.82. The Balaban J connectivity index is 2.24. The van der Waals surface area contributed by atoms with Crippen molar-refractivity contribution >= 4 is 17.4 Å². The largest absolute Gasteiger partial charge is 0.494 e. The molecule has 0 amide bonds. The number of allylic oxidation sites excluding steroid dienone is 1. The first-order chi connectivity index (χ1) is 10.7. The van der Waals surface area contributed by atoms with E-state index in [0.717, 1.165) is 0 Å². The first-order valence-corrected chi connectivity index (χ1v) is 6.68. The highest BCUT2D eigenvalue weighted by Crippen LogP contribution is 2.26. The number of nitriles is 2. The van der Waals surface area contributed by atoms with Crippen molar-refractivity contribution in [3.8, 4) is 23.6 Å². The Morgan fingerprint density at radius 2 is 1.41 bits per heavy atom. The average Bonchev–Trinajstić information content (AvgIpc) is 2.55. The molecule has 0 aliphatic rings. The molecule has 0 bridgehead atoms.